The summed E-state index contributed by atoms with van der Waals surface area (Å²) in [6.07, 6.45) is 5.10. The van der Waals surface area contributed by atoms with E-state index >= 15 is 0 Å². The van der Waals surface area contributed by atoms with Crippen molar-refractivity contribution >= 4 is 34.8 Å². The van der Waals surface area contributed by atoms with Crippen LogP contribution in [0, 0.1) is 6.92 Å². The van der Waals surface area contributed by atoms with Gasteiger partial charge in [0.2, 0.25) is 0 Å². The molecule has 1 atom stereocenters. The molecule has 1 saturated heterocycles. The van der Waals surface area contributed by atoms with E-state index in [1.807, 2.05) is 48.4 Å². The Morgan fingerprint density at radius 3 is 2.20 bits per heavy atom. The molecule has 4 aromatic rings. The van der Waals surface area contributed by atoms with E-state index in [0.717, 1.165) is 92.3 Å². The summed E-state index contributed by atoms with van der Waals surface area (Å²) in [5.74, 6) is 0.0325. The lowest BCUT2D eigenvalue weighted by Gasteiger charge is -2.38. The molecule has 0 saturated carbocycles. The molecule has 1 unspecified atom stereocenters. The highest BCUT2D eigenvalue weighted by molar-refractivity contribution is 6.36. The molecule has 1 aromatic carbocycles. The minimum Gasteiger partial charge on any atom is -0.392 e. The largest absolute Gasteiger partial charge is 0.392 e. The number of imidazole rings is 2. The number of pyridine rings is 1. The maximum atomic E-state index is 13.7. The number of halogens is 1. The van der Waals surface area contributed by atoms with Gasteiger partial charge in [-0.05, 0) is 64.5 Å². The zero-order chi connectivity index (χ0) is 36.0. The average Bonchev–Trinajstić information content (AvgIpc) is 3.62. The summed E-state index contributed by atoms with van der Waals surface area (Å²) >= 11 is 6.94. The molecule has 1 fully saturated rings. The van der Waals surface area contributed by atoms with Crippen molar-refractivity contribution in [2.75, 3.05) is 50.4 Å². The molecule has 14 heteroatoms. The molecule has 3 N–H and O–H groups in total. The fraction of sp³-hybridized carbons (Fsp3) is 0.486. The number of carbonyl (C=O) groups excluding carboxylic acids is 2. The van der Waals surface area contributed by atoms with Crippen LogP contribution in [0.25, 0.3) is 11.3 Å². The van der Waals surface area contributed by atoms with Crippen LogP contribution in [0.5, 0.6) is 0 Å². The number of likely N-dealkylation sites (tertiary alicyclic amines) is 1. The number of aromatic nitrogens is 5. The molecule has 3 aliphatic rings. The Kier molecular flexibility index (Phi) is 10.0. The Hall–Kier alpha value is -4.14. The normalized spacial score (nSPS) is 17.9. The van der Waals surface area contributed by atoms with Gasteiger partial charge in [-0.25, -0.2) is 9.97 Å². The van der Waals surface area contributed by atoms with Gasteiger partial charge in [-0.15, -0.1) is 0 Å². The molecule has 0 aliphatic carbocycles. The highest BCUT2D eigenvalue weighted by atomic mass is 35.5. The van der Waals surface area contributed by atoms with Gasteiger partial charge in [-0.3, -0.25) is 24.4 Å². The van der Waals surface area contributed by atoms with Gasteiger partial charge in [0.25, 0.3) is 11.8 Å². The fourth-order valence-corrected chi connectivity index (χ4v) is 8.11. The van der Waals surface area contributed by atoms with Crippen molar-refractivity contribution < 1.29 is 14.7 Å². The van der Waals surface area contributed by atoms with Gasteiger partial charge in [0.15, 0.2) is 11.6 Å². The van der Waals surface area contributed by atoms with E-state index in [2.05, 4.69) is 37.4 Å². The quantitative estimate of drug-likeness (QED) is 0.249. The van der Waals surface area contributed by atoms with Crippen molar-refractivity contribution in [3.05, 3.63) is 75.5 Å². The number of benzene rings is 1. The maximum Gasteiger partial charge on any atom is 0.291 e. The summed E-state index contributed by atoms with van der Waals surface area (Å²) in [4.78, 5) is 48.3. The van der Waals surface area contributed by atoms with Crippen molar-refractivity contribution in [2.45, 2.75) is 64.8 Å². The number of β-amino-alcohol motifs (C(OH)–C–C–N with tert-alkyl or cyclic N) is 1. The number of aliphatic hydroxyl groups is 1. The molecule has 0 spiro atoms. The average molecular weight is 715 g/mol. The van der Waals surface area contributed by atoms with E-state index in [4.69, 9.17) is 21.6 Å². The Labute approximate surface area is 303 Å². The second kappa shape index (κ2) is 14.5. The maximum absolute atomic E-state index is 13.7. The minimum atomic E-state index is -0.431. The molecular formula is C37H47ClN10O3. The molecule has 270 valence electrons. The van der Waals surface area contributed by atoms with Crippen molar-refractivity contribution in [1.82, 2.24) is 38.8 Å². The van der Waals surface area contributed by atoms with Crippen LogP contribution in [0.1, 0.15) is 69.3 Å². The summed E-state index contributed by atoms with van der Waals surface area (Å²) in [5, 5.41) is 16.2. The Morgan fingerprint density at radius 2 is 1.53 bits per heavy atom. The third kappa shape index (κ3) is 7.05. The van der Waals surface area contributed by atoms with E-state index in [0.29, 0.717) is 52.9 Å². The second-order valence-electron chi connectivity index (χ2n) is 14.3. The smallest absolute Gasteiger partial charge is 0.291 e. The van der Waals surface area contributed by atoms with Crippen LogP contribution in [0.4, 0.5) is 11.4 Å². The first kappa shape index (κ1) is 35.3. The number of rotatable bonds is 8. The molecule has 13 nitrogen and oxygen atoms in total. The van der Waals surface area contributed by atoms with Crippen molar-refractivity contribution in [3.63, 3.8) is 0 Å². The zero-order valence-corrected chi connectivity index (χ0v) is 30.8. The van der Waals surface area contributed by atoms with Gasteiger partial charge in [-0.2, -0.15) is 0 Å². The van der Waals surface area contributed by atoms with Crippen LogP contribution < -0.4 is 10.6 Å². The summed E-state index contributed by atoms with van der Waals surface area (Å²) in [6, 6.07) is 7.79. The topological polar surface area (TPSA) is 137 Å². The van der Waals surface area contributed by atoms with Crippen LogP contribution in [-0.4, -0.2) is 108 Å². The van der Waals surface area contributed by atoms with Crippen LogP contribution in [-0.2, 0) is 40.0 Å². The molecule has 7 rings (SSSR count). The van der Waals surface area contributed by atoms with E-state index in [9.17, 15) is 14.7 Å². The third-order valence-corrected chi connectivity index (χ3v) is 11.1. The number of piperidine rings is 1. The number of nitrogens with zero attached hydrogens (tertiary/aromatic N) is 8. The van der Waals surface area contributed by atoms with Crippen LogP contribution in [0.2, 0.25) is 5.02 Å². The third-order valence-electron chi connectivity index (χ3n) is 10.7. The van der Waals surface area contributed by atoms with E-state index in [-0.39, 0.29) is 11.8 Å². The minimum absolute atomic E-state index is 0.295. The number of carbonyl (C=O) groups is 2. The van der Waals surface area contributed by atoms with Crippen molar-refractivity contribution in [3.8, 4) is 11.3 Å². The van der Waals surface area contributed by atoms with Crippen LogP contribution in [0.3, 0.4) is 0 Å². The zero-order valence-electron chi connectivity index (χ0n) is 30.0. The van der Waals surface area contributed by atoms with E-state index in [1.54, 1.807) is 19.2 Å². The summed E-state index contributed by atoms with van der Waals surface area (Å²) in [6.45, 7) is 9.56. The van der Waals surface area contributed by atoms with E-state index < -0.39 is 6.10 Å². The number of anilines is 2. The second-order valence-corrected chi connectivity index (χ2v) is 14.7. The first-order valence-corrected chi connectivity index (χ1v) is 18.1. The summed E-state index contributed by atoms with van der Waals surface area (Å²) in [5.41, 5.74) is 6.98. The number of hydrogen-bond donors (Lipinski definition) is 3. The first-order valence-electron chi connectivity index (χ1n) is 17.8. The lowest BCUT2D eigenvalue weighted by molar-refractivity contribution is 0.100. The molecule has 0 radical (unpaired) electrons. The lowest BCUT2D eigenvalue weighted by Crippen LogP contribution is -2.45. The van der Waals surface area contributed by atoms with Gasteiger partial charge in [0.05, 0.1) is 33.9 Å². The van der Waals surface area contributed by atoms with Gasteiger partial charge in [-0.1, -0.05) is 23.7 Å². The number of amides is 2. The van der Waals surface area contributed by atoms with Crippen LogP contribution >= 0.6 is 11.6 Å². The Bertz CT molecular complexity index is 1960. The van der Waals surface area contributed by atoms with E-state index in [1.165, 1.54) is 0 Å². The molecular weight excluding hydrogens is 668 g/mol. The standard InChI is InChI=1S/C37H47ClN10O3/c1-22(49)19-47-17-12-30-28(20-47)40-34(45(30)4)36(50)42-26-8-6-7-25(23(26)2)33-32(38)27(9-14-39-33)43-37(51)35-41-29-21-48(18-13-31(29)46(35)5)24-10-15-44(3)16-11-24/h6-9,14,22,24,49H,10-13,15-21H2,1-5H3,(H,42,50)(H,39,43,51). The van der Waals surface area contributed by atoms with Gasteiger partial charge in [0.1, 0.15) is 0 Å². The van der Waals surface area contributed by atoms with Crippen molar-refractivity contribution in [1.29, 1.82) is 0 Å². The molecule has 6 heterocycles. The van der Waals surface area contributed by atoms with Gasteiger partial charge in [0, 0.05) is 94.5 Å². The predicted octanol–water partition coefficient (Wildman–Crippen LogP) is 3.87. The van der Waals surface area contributed by atoms with Gasteiger partial charge >= 0.3 is 0 Å². The number of aliphatic hydroxyl groups excluding tert-OH is 1. The fourth-order valence-electron chi connectivity index (χ4n) is 7.85. The van der Waals surface area contributed by atoms with Gasteiger partial charge < -0.3 is 29.8 Å². The highest BCUT2D eigenvalue weighted by Crippen LogP contribution is 2.36. The number of hydrogen-bond acceptors (Lipinski definition) is 9. The Morgan fingerprint density at radius 1 is 0.902 bits per heavy atom. The SMILES string of the molecule is Cc1c(NC(=O)c2nc3c(n2C)CCN(CC(C)O)C3)cccc1-c1nccc(NC(=O)c2nc3c(n2C)CCN(C2CCN(C)CC2)C3)c1Cl. The molecule has 0 bridgehead atoms. The summed E-state index contributed by atoms with van der Waals surface area (Å²) in [7, 11) is 5.94. The molecule has 2 amide bonds. The monoisotopic (exact) mass is 714 g/mol. The number of nitrogens with one attached hydrogen (secondary N) is 2. The molecule has 51 heavy (non-hydrogen) atoms. The first-order chi connectivity index (χ1) is 24.5. The number of fused-ring (bicyclic) bond motifs is 2. The highest BCUT2D eigenvalue weighted by Gasteiger charge is 2.31. The molecule has 3 aliphatic heterocycles. The summed E-state index contributed by atoms with van der Waals surface area (Å²) < 4.78 is 3.77. The lowest BCUT2D eigenvalue weighted by atomic mass is 10.0. The Balaban J connectivity index is 1.06. The molecule has 3 aromatic heterocycles. The van der Waals surface area contributed by atoms with Crippen LogP contribution in [0.15, 0.2) is 30.5 Å². The van der Waals surface area contributed by atoms with Crippen molar-refractivity contribution in [2.24, 2.45) is 14.1 Å². The predicted molar refractivity (Wildman–Crippen MR) is 197 cm³/mol.